The third kappa shape index (κ3) is 3.49. The molecule has 0 spiro atoms. The molecule has 2 heterocycles. The molecule has 0 aromatic heterocycles. The van der Waals surface area contributed by atoms with Gasteiger partial charge in [0.15, 0.2) is 6.29 Å². The number of ether oxygens (including phenoxy) is 3. The minimum Gasteiger partial charge on any atom is -0.481 e. The molecule has 2 saturated heterocycles. The van der Waals surface area contributed by atoms with E-state index in [1.54, 1.807) is 0 Å². The quantitative estimate of drug-likeness (QED) is 0.275. The van der Waals surface area contributed by atoms with Crippen LogP contribution >= 0.6 is 0 Å². The number of carboxylic acids is 1. The van der Waals surface area contributed by atoms with Crippen molar-refractivity contribution in [1.29, 1.82) is 0 Å². The van der Waals surface area contributed by atoms with Crippen molar-refractivity contribution in [3.8, 4) is 0 Å². The van der Waals surface area contributed by atoms with Crippen molar-refractivity contribution in [2.75, 3.05) is 13.2 Å². The standard InChI is InChI=1S/C26H42O10/c1-22(9-10-34-20-19(31)18(30)17(29)14(12-27)35-20)7-8-26-24(3)6-4-5-23(2,21(32)33)15(24)11-16(28)25(26,13-22)36-26/h14-20,27-31H,4-13H2,1-3H3,(H,32,33)/t14-,15-,16+,17-,18+,19-,20-,22-,23+,24-,25-,26-/m0/s1. The lowest BCUT2D eigenvalue weighted by atomic mass is 9.42. The highest BCUT2D eigenvalue weighted by Gasteiger charge is 2.86. The number of aliphatic hydroxyl groups excluding tert-OH is 5. The molecule has 5 aliphatic rings. The monoisotopic (exact) mass is 514 g/mol. The number of hydrogen-bond donors (Lipinski definition) is 6. The minimum absolute atomic E-state index is 0.152. The normalized spacial score (nSPS) is 56.3. The van der Waals surface area contributed by atoms with Crippen LogP contribution in [0.3, 0.4) is 0 Å². The topological polar surface area (TPSA) is 169 Å². The Morgan fingerprint density at radius 2 is 1.72 bits per heavy atom. The molecule has 12 atom stereocenters. The molecule has 0 radical (unpaired) electrons. The van der Waals surface area contributed by atoms with Crippen molar-refractivity contribution in [3.05, 3.63) is 0 Å². The molecule has 0 aromatic carbocycles. The molecule has 10 heteroatoms. The van der Waals surface area contributed by atoms with Gasteiger partial charge in [0.1, 0.15) is 35.6 Å². The average Bonchev–Trinajstić information content (AvgIpc) is 3.53. The summed E-state index contributed by atoms with van der Waals surface area (Å²) >= 11 is 0. The van der Waals surface area contributed by atoms with Crippen LogP contribution in [0.15, 0.2) is 0 Å². The Morgan fingerprint density at radius 3 is 2.39 bits per heavy atom. The lowest BCUT2D eigenvalue weighted by molar-refractivity contribution is -0.302. The smallest absolute Gasteiger partial charge is 0.309 e. The first-order valence-corrected chi connectivity index (χ1v) is 13.3. The fourth-order valence-corrected chi connectivity index (χ4v) is 8.66. The van der Waals surface area contributed by atoms with Crippen LogP contribution in [0.5, 0.6) is 0 Å². The Bertz CT molecular complexity index is 883. The number of carboxylic acid groups (broad SMARTS) is 1. The van der Waals surface area contributed by atoms with Crippen LogP contribution in [-0.4, -0.2) is 97.8 Å². The SMILES string of the molecule is C[C@@]1(CCO[C@H]2O[C@@H](CO)[C@H](O)[C@@H](O)[C@@H]2O)CC[C@@]23O[C@@]2(C1)[C@H](O)C[C@H]1[C@](C)(C(=O)O)CCC[C@@]13C. The van der Waals surface area contributed by atoms with Gasteiger partial charge in [0, 0.05) is 5.41 Å². The van der Waals surface area contributed by atoms with Gasteiger partial charge in [-0.15, -0.1) is 0 Å². The first-order chi connectivity index (χ1) is 16.8. The van der Waals surface area contributed by atoms with Gasteiger partial charge in [-0.25, -0.2) is 0 Å². The predicted octanol–water partition coefficient (Wildman–Crippen LogP) is 0.553. The van der Waals surface area contributed by atoms with Crippen LogP contribution in [0, 0.1) is 22.2 Å². The van der Waals surface area contributed by atoms with Gasteiger partial charge in [0.05, 0.1) is 24.7 Å². The maximum Gasteiger partial charge on any atom is 0.309 e. The molecule has 0 aromatic rings. The second-order valence-corrected chi connectivity index (χ2v) is 12.9. The molecule has 3 saturated carbocycles. The molecule has 6 N–H and O–H groups in total. The van der Waals surface area contributed by atoms with Crippen molar-refractivity contribution in [2.24, 2.45) is 22.2 Å². The molecular formula is C26H42O10. The fourth-order valence-electron chi connectivity index (χ4n) is 8.66. The van der Waals surface area contributed by atoms with Gasteiger partial charge < -0.3 is 44.8 Å². The van der Waals surface area contributed by atoms with Crippen molar-refractivity contribution >= 4 is 5.97 Å². The van der Waals surface area contributed by atoms with Crippen molar-refractivity contribution in [2.45, 2.75) is 120 Å². The summed E-state index contributed by atoms with van der Waals surface area (Å²) in [6.45, 7) is 5.85. The second kappa shape index (κ2) is 8.58. The molecule has 2 aliphatic heterocycles. The van der Waals surface area contributed by atoms with Gasteiger partial charge >= 0.3 is 5.97 Å². The summed E-state index contributed by atoms with van der Waals surface area (Å²) in [7, 11) is 0. The molecule has 0 unspecified atom stereocenters. The van der Waals surface area contributed by atoms with E-state index in [-0.39, 0.29) is 23.4 Å². The van der Waals surface area contributed by atoms with Gasteiger partial charge in [0.2, 0.25) is 0 Å². The third-order valence-electron chi connectivity index (χ3n) is 10.9. The molecule has 5 fully saturated rings. The van der Waals surface area contributed by atoms with Crippen LogP contribution in [-0.2, 0) is 19.0 Å². The van der Waals surface area contributed by atoms with Gasteiger partial charge in [-0.2, -0.15) is 0 Å². The first kappa shape index (κ1) is 26.7. The van der Waals surface area contributed by atoms with Gasteiger partial charge in [-0.05, 0) is 63.2 Å². The predicted molar refractivity (Wildman–Crippen MR) is 125 cm³/mol. The Kier molecular flexibility index (Phi) is 6.37. The summed E-state index contributed by atoms with van der Waals surface area (Å²) in [4.78, 5) is 12.3. The minimum atomic E-state index is -1.48. The second-order valence-electron chi connectivity index (χ2n) is 12.9. The number of hydrogen-bond acceptors (Lipinski definition) is 9. The molecule has 10 nitrogen and oxygen atoms in total. The zero-order valence-corrected chi connectivity index (χ0v) is 21.4. The van der Waals surface area contributed by atoms with Crippen molar-refractivity contribution < 1.29 is 49.6 Å². The number of fused-ring (bicyclic) bond motifs is 1. The van der Waals surface area contributed by atoms with E-state index in [4.69, 9.17) is 14.2 Å². The van der Waals surface area contributed by atoms with Crippen LogP contribution in [0.2, 0.25) is 0 Å². The van der Waals surface area contributed by atoms with Crippen molar-refractivity contribution in [1.82, 2.24) is 0 Å². The fraction of sp³-hybridized carbons (Fsp3) is 0.962. The number of carbonyl (C=O) groups is 1. The highest BCUT2D eigenvalue weighted by atomic mass is 16.7. The Morgan fingerprint density at radius 1 is 1.00 bits per heavy atom. The van der Waals surface area contributed by atoms with E-state index in [0.29, 0.717) is 25.7 Å². The van der Waals surface area contributed by atoms with Crippen LogP contribution in [0.4, 0.5) is 0 Å². The molecular weight excluding hydrogens is 472 g/mol. The van der Waals surface area contributed by atoms with Gasteiger partial charge in [-0.3, -0.25) is 4.79 Å². The largest absolute Gasteiger partial charge is 0.481 e. The summed E-state index contributed by atoms with van der Waals surface area (Å²) in [6.07, 6.45) is -1.72. The highest BCUT2D eigenvalue weighted by molar-refractivity contribution is 5.75. The maximum absolute atomic E-state index is 12.3. The maximum atomic E-state index is 12.3. The summed E-state index contributed by atoms with van der Waals surface area (Å²) in [5.41, 5.74) is -2.61. The van der Waals surface area contributed by atoms with E-state index in [9.17, 15) is 35.4 Å². The molecule has 5 rings (SSSR count). The van der Waals surface area contributed by atoms with E-state index in [0.717, 1.165) is 25.7 Å². The Balaban J connectivity index is 1.28. The number of aliphatic carboxylic acids is 1. The van der Waals surface area contributed by atoms with Crippen LogP contribution in [0.25, 0.3) is 0 Å². The van der Waals surface area contributed by atoms with Crippen LogP contribution in [0.1, 0.15) is 72.1 Å². The van der Waals surface area contributed by atoms with E-state index in [1.807, 2.05) is 6.92 Å². The number of epoxide rings is 1. The van der Waals surface area contributed by atoms with E-state index in [2.05, 4.69) is 13.8 Å². The van der Waals surface area contributed by atoms with Gasteiger partial charge in [0.25, 0.3) is 0 Å². The lowest BCUT2D eigenvalue weighted by Gasteiger charge is -2.59. The lowest BCUT2D eigenvalue weighted by Crippen LogP contribution is -2.64. The van der Waals surface area contributed by atoms with E-state index < -0.39 is 66.0 Å². The zero-order chi connectivity index (χ0) is 26.3. The average molecular weight is 515 g/mol. The highest BCUT2D eigenvalue weighted by Crippen LogP contribution is 2.78. The summed E-state index contributed by atoms with van der Waals surface area (Å²) in [5, 5.41) is 61.1. The molecule has 36 heavy (non-hydrogen) atoms. The van der Waals surface area contributed by atoms with Crippen LogP contribution < -0.4 is 0 Å². The molecule has 0 bridgehead atoms. The molecule has 3 aliphatic carbocycles. The summed E-state index contributed by atoms with van der Waals surface area (Å²) < 4.78 is 17.8. The summed E-state index contributed by atoms with van der Waals surface area (Å²) in [6, 6.07) is 0. The number of aliphatic hydroxyl groups is 5. The molecule has 206 valence electrons. The Hall–Kier alpha value is -0.850. The molecule has 0 amide bonds. The van der Waals surface area contributed by atoms with E-state index in [1.165, 1.54) is 0 Å². The number of rotatable bonds is 6. The zero-order valence-electron chi connectivity index (χ0n) is 21.4. The third-order valence-corrected chi connectivity index (χ3v) is 10.9. The van der Waals surface area contributed by atoms with Gasteiger partial charge in [-0.1, -0.05) is 20.3 Å². The summed E-state index contributed by atoms with van der Waals surface area (Å²) in [5.74, 6) is -0.943. The first-order valence-electron chi connectivity index (χ1n) is 13.3. The Labute approximate surface area is 211 Å². The van der Waals surface area contributed by atoms with Crippen molar-refractivity contribution in [3.63, 3.8) is 0 Å². The van der Waals surface area contributed by atoms with E-state index >= 15 is 0 Å².